The van der Waals surface area contributed by atoms with E-state index in [9.17, 15) is 13.6 Å². The molecule has 3 N–H and O–H groups in total. The number of hydrogen-bond acceptors (Lipinski definition) is 5. The van der Waals surface area contributed by atoms with E-state index in [1.165, 1.54) is 23.2 Å². The van der Waals surface area contributed by atoms with Crippen LogP contribution in [0.15, 0.2) is 36.9 Å². The van der Waals surface area contributed by atoms with Gasteiger partial charge in [-0.15, -0.1) is 0 Å². The Balaban J connectivity index is 1.76. The molecule has 7 nitrogen and oxygen atoms in total. The third kappa shape index (κ3) is 3.44. The number of hydrogen-bond donors (Lipinski definition) is 2. The smallest absolute Gasteiger partial charge is 0.271 e. The second-order valence-electron chi connectivity index (χ2n) is 5.28. The number of rotatable bonds is 4. The first kappa shape index (κ1) is 16.5. The Morgan fingerprint density at radius 3 is 2.72 bits per heavy atom. The first-order valence-corrected chi connectivity index (χ1v) is 7.30. The van der Waals surface area contributed by atoms with E-state index >= 15 is 0 Å². The molecule has 0 saturated heterocycles. The summed E-state index contributed by atoms with van der Waals surface area (Å²) < 4.78 is 28.7. The summed E-state index contributed by atoms with van der Waals surface area (Å²) in [4.78, 5) is 24.1. The van der Waals surface area contributed by atoms with Crippen LogP contribution < -0.4 is 11.1 Å². The SMILES string of the molecule is Cc1cnc(N)nc1-n1cnc(C(=O)NCc2c(F)cccc2F)c1. The predicted octanol–water partition coefficient (Wildman–Crippen LogP) is 1.76. The molecule has 0 fully saturated rings. The Bertz CT molecular complexity index is 920. The van der Waals surface area contributed by atoms with E-state index in [2.05, 4.69) is 20.3 Å². The molecule has 0 aliphatic carbocycles. The molecule has 0 radical (unpaired) electrons. The molecule has 0 bridgehead atoms. The van der Waals surface area contributed by atoms with Crippen molar-refractivity contribution in [2.75, 3.05) is 5.73 Å². The number of anilines is 1. The van der Waals surface area contributed by atoms with Gasteiger partial charge in [0.15, 0.2) is 0 Å². The first-order chi connectivity index (χ1) is 12.0. The summed E-state index contributed by atoms with van der Waals surface area (Å²) in [6.45, 7) is 1.50. The van der Waals surface area contributed by atoms with Gasteiger partial charge < -0.3 is 11.1 Å². The molecule has 3 rings (SSSR count). The Morgan fingerprint density at radius 2 is 2.00 bits per heavy atom. The van der Waals surface area contributed by atoms with Gasteiger partial charge in [-0.2, -0.15) is 4.98 Å². The third-order valence-corrected chi connectivity index (χ3v) is 3.51. The molecule has 25 heavy (non-hydrogen) atoms. The van der Waals surface area contributed by atoms with Crippen LogP contribution in [0.4, 0.5) is 14.7 Å². The van der Waals surface area contributed by atoms with Crippen LogP contribution in [0.1, 0.15) is 21.6 Å². The van der Waals surface area contributed by atoms with E-state index < -0.39 is 17.5 Å². The van der Waals surface area contributed by atoms with Crippen molar-refractivity contribution in [1.82, 2.24) is 24.8 Å². The van der Waals surface area contributed by atoms with E-state index in [0.29, 0.717) is 5.82 Å². The second kappa shape index (κ2) is 6.63. The Hall–Kier alpha value is -3.36. The molecule has 0 aliphatic heterocycles. The lowest BCUT2D eigenvalue weighted by Gasteiger charge is -2.06. The van der Waals surface area contributed by atoms with Gasteiger partial charge in [-0.1, -0.05) is 6.07 Å². The predicted molar refractivity (Wildman–Crippen MR) is 85.8 cm³/mol. The molecular weight excluding hydrogens is 330 g/mol. The molecule has 0 aliphatic rings. The van der Waals surface area contributed by atoms with Crippen molar-refractivity contribution < 1.29 is 13.6 Å². The summed E-state index contributed by atoms with van der Waals surface area (Å²) in [5.74, 6) is -1.44. The number of aromatic nitrogens is 4. The van der Waals surface area contributed by atoms with Crippen LogP contribution >= 0.6 is 0 Å². The highest BCUT2D eigenvalue weighted by molar-refractivity contribution is 5.92. The monoisotopic (exact) mass is 344 g/mol. The summed E-state index contributed by atoms with van der Waals surface area (Å²) in [7, 11) is 0. The van der Waals surface area contributed by atoms with E-state index in [0.717, 1.165) is 17.7 Å². The minimum atomic E-state index is -0.724. The quantitative estimate of drug-likeness (QED) is 0.751. The average Bonchev–Trinajstić information content (AvgIpc) is 3.06. The fourth-order valence-corrected chi connectivity index (χ4v) is 2.22. The number of amides is 1. The van der Waals surface area contributed by atoms with E-state index in [1.807, 2.05) is 0 Å². The lowest BCUT2D eigenvalue weighted by Crippen LogP contribution is -2.24. The number of carbonyl (C=O) groups is 1. The van der Waals surface area contributed by atoms with Crippen LogP contribution in [-0.4, -0.2) is 25.4 Å². The van der Waals surface area contributed by atoms with Gasteiger partial charge in [0.05, 0.1) is 0 Å². The zero-order valence-corrected chi connectivity index (χ0v) is 13.2. The number of nitrogens with two attached hydrogens (primary N) is 1. The number of nitrogen functional groups attached to an aromatic ring is 1. The van der Waals surface area contributed by atoms with Crippen LogP contribution in [0.3, 0.4) is 0 Å². The van der Waals surface area contributed by atoms with E-state index in [4.69, 9.17) is 5.73 Å². The highest BCUT2D eigenvalue weighted by Crippen LogP contribution is 2.13. The molecule has 0 atom stereocenters. The zero-order chi connectivity index (χ0) is 18.0. The number of aryl methyl sites for hydroxylation is 1. The van der Waals surface area contributed by atoms with Crippen LogP contribution in [0, 0.1) is 18.6 Å². The maximum atomic E-state index is 13.6. The van der Waals surface area contributed by atoms with E-state index in [1.54, 1.807) is 13.1 Å². The fourth-order valence-electron chi connectivity index (χ4n) is 2.22. The maximum Gasteiger partial charge on any atom is 0.271 e. The molecule has 9 heteroatoms. The van der Waals surface area contributed by atoms with Gasteiger partial charge in [0.25, 0.3) is 5.91 Å². The highest BCUT2D eigenvalue weighted by Gasteiger charge is 2.14. The second-order valence-corrected chi connectivity index (χ2v) is 5.28. The Labute approximate surface area is 141 Å². The van der Waals surface area contributed by atoms with E-state index in [-0.39, 0.29) is 23.8 Å². The molecule has 2 aromatic heterocycles. The topological polar surface area (TPSA) is 98.7 Å². The van der Waals surface area contributed by atoms with Gasteiger partial charge in [0.1, 0.15) is 29.5 Å². The van der Waals surface area contributed by atoms with Crippen molar-refractivity contribution in [3.05, 3.63) is 65.4 Å². The number of imidazole rings is 1. The molecular formula is C16H14F2N6O. The van der Waals surface area contributed by atoms with Gasteiger partial charge in [-0.25, -0.2) is 18.7 Å². The van der Waals surface area contributed by atoms with Crippen LogP contribution in [0.5, 0.6) is 0 Å². The van der Waals surface area contributed by atoms with Gasteiger partial charge in [0, 0.05) is 30.1 Å². The summed E-state index contributed by atoms with van der Waals surface area (Å²) in [6.07, 6.45) is 4.40. The normalized spacial score (nSPS) is 10.7. The van der Waals surface area contributed by atoms with Crippen LogP contribution in [0.2, 0.25) is 0 Å². The van der Waals surface area contributed by atoms with Crippen molar-refractivity contribution in [1.29, 1.82) is 0 Å². The average molecular weight is 344 g/mol. The molecule has 1 amide bonds. The van der Waals surface area contributed by atoms with Gasteiger partial charge in [-0.3, -0.25) is 9.36 Å². The van der Waals surface area contributed by atoms with Gasteiger partial charge >= 0.3 is 0 Å². The number of carbonyl (C=O) groups excluding carboxylic acids is 1. The highest BCUT2D eigenvalue weighted by atomic mass is 19.1. The number of nitrogens with zero attached hydrogens (tertiary/aromatic N) is 4. The number of benzene rings is 1. The summed E-state index contributed by atoms with van der Waals surface area (Å²) >= 11 is 0. The molecule has 1 aromatic carbocycles. The van der Waals surface area contributed by atoms with Crippen molar-refractivity contribution in [3.8, 4) is 5.82 Å². The number of halogens is 2. The molecule has 2 heterocycles. The number of nitrogens with one attached hydrogen (secondary N) is 1. The zero-order valence-electron chi connectivity index (χ0n) is 13.2. The van der Waals surface area contributed by atoms with Crippen molar-refractivity contribution in [2.45, 2.75) is 13.5 Å². The summed E-state index contributed by atoms with van der Waals surface area (Å²) in [6, 6.07) is 3.51. The standard InChI is InChI=1S/C16H14F2N6O/c1-9-5-21-16(19)23-14(9)24-7-13(22-8-24)15(25)20-6-10-11(17)3-2-4-12(10)18/h2-5,7-8H,6H2,1H3,(H,20,25)(H2,19,21,23). The van der Waals surface area contributed by atoms with Gasteiger partial charge in [0.2, 0.25) is 5.95 Å². The minimum Gasteiger partial charge on any atom is -0.368 e. The largest absolute Gasteiger partial charge is 0.368 e. The lowest BCUT2D eigenvalue weighted by atomic mass is 10.2. The fraction of sp³-hybridized carbons (Fsp3) is 0.125. The molecule has 0 unspecified atom stereocenters. The lowest BCUT2D eigenvalue weighted by molar-refractivity contribution is 0.0945. The maximum absolute atomic E-state index is 13.6. The minimum absolute atomic E-state index is 0.0772. The van der Waals surface area contributed by atoms with Crippen LogP contribution in [-0.2, 0) is 6.54 Å². The summed E-state index contributed by atoms with van der Waals surface area (Å²) in [5.41, 5.74) is 6.17. The van der Waals surface area contributed by atoms with Gasteiger partial charge in [-0.05, 0) is 19.1 Å². The molecule has 128 valence electrons. The molecule has 0 spiro atoms. The third-order valence-electron chi connectivity index (χ3n) is 3.51. The molecule has 0 saturated carbocycles. The Kier molecular flexibility index (Phi) is 4.38. The first-order valence-electron chi connectivity index (χ1n) is 7.30. The molecule has 3 aromatic rings. The van der Waals surface area contributed by atoms with Crippen LogP contribution in [0.25, 0.3) is 5.82 Å². The van der Waals surface area contributed by atoms with Crippen molar-refractivity contribution in [2.24, 2.45) is 0 Å². The Morgan fingerprint density at radius 1 is 1.28 bits per heavy atom. The summed E-state index contributed by atoms with van der Waals surface area (Å²) in [5, 5.41) is 2.44. The van der Waals surface area contributed by atoms with Crippen molar-refractivity contribution >= 4 is 11.9 Å². The van der Waals surface area contributed by atoms with Crippen molar-refractivity contribution in [3.63, 3.8) is 0 Å².